The summed E-state index contributed by atoms with van der Waals surface area (Å²) in [6.07, 6.45) is 8.57. The normalized spacial score (nSPS) is 14.8. The number of carbonyl (C=O) groups excluding carboxylic acids is 1. The molecule has 1 aromatic carbocycles. The number of halogens is 1. The molecule has 0 saturated heterocycles. The Morgan fingerprint density at radius 2 is 2.23 bits per heavy atom. The zero-order valence-corrected chi connectivity index (χ0v) is 19.1. The van der Waals surface area contributed by atoms with Crippen molar-refractivity contribution in [2.75, 3.05) is 27.2 Å². The number of carbonyl (C=O) groups is 1. The summed E-state index contributed by atoms with van der Waals surface area (Å²) in [5, 5.41) is 3.95. The molecular weight excluding hydrogens is 422 g/mol. The molecule has 0 aliphatic heterocycles. The average Bonchev–Trinajstić information content (AvgIpc) is 3.43. The van der Waals surface area contributed by atoms with Crippen LogP contribution in [0.1, 0.15) is 31.1 Å². The molecule has 2 aromatic rings. The molecule has 1 aliphatic rings. The number of hydrogen-bond acceptors (Lipinski definition) is 6. The van der Waals surface area contributed by atoms with E-state index in [0.717, 1.165) is 23.8 Å². The Kier molecular flexibility index (Phi) is 8.13. The van der Waals surface area contributed by atoms with E-state index in [1.165, 1.54) is 24.2 Å². The molecule has 0 unspecified atom stereocenters. The summed E-state index contributed by atoms with van der Waals surface area (Å²) in [6, 6.07) is 5.36. The van der Waals surface area contributed by atoms with Gasteiger partial charge >= 0.3 is 0 Å². The minimum absolute atomic E-state index is 0.0355. The Morgan fingerprint density at radius 3 is 2.93 bits per heavy atom. The highest BCUT2D eigenvalue weighted by molar-refractivity contribution is 7.14. The van der Waals surface area contributed by atoms with Gasteiger partial charge in [0.15, 0.2) is 0 Å². The second-order valence-corrected chi connectivity index (χ2v) is 9.18. The van der Waals surface area contributed by atoms with Crippen molar-refractivity contribution >= 4 is 34.9 Å². The smallest absolute Gasteiger partial charge is 0.279 e. The molecule has 6 nitrogen and oxygen atoms in total. The fourth-order valence-corrected chi connectivity index (χ4v) is 3.48. The Balaban J connectivity index is 1.49. The van der Waals surface area contributed by atoms with Crippen LogP contribution < -0.4 is 14.8 Å². The fourth-order valence-electron chi connectivity index (χ4n) is 2.58. The molecule has 1 aromatic heterocycles. The van der Waals surface area contributed by atoms with Crippen LogP contribution in [0.4, 0.5) is 0 Å². The van der Waals surface area contributed by atoms with E-state index in [1.807, 2.05) is 44.1 Å². The minimum atomic E-state index is -0.0660. The Morgan fingerprint density at radius 1 is 1.43 bits per heavy atom. The Bertz CT molecular complexity index is 880. The molecule has 162 valence electrons. The van der Waals surface area contributed by atoms with E-state index in [2.05, 4.69) is 10.3 Å². The van der Waals surface area contributed by atoms with Gasteiger partial charge in [-0.15, -0.1) is 0 Å². The van der Waals surface area contributed by atoms with Gasteiger partial charge in [0, 0.05) is 31.3 Å². The van der Waals surface area contributed by atoms with Crippen LogP contribution >= 0.6 is 22.9 Å². The van der Waals surface area contributed by atoms with Gasteiger partial charge in [0.25, 0.3) is 5.19 Å². The lowest BCUT2D eigenvalue weighted by molar-refractivity contribution is -0.121. The summed E-state index contributed by atoms with van der Waals surface area (Å²) in [4.78, 5) is 19.1. The average molecular weight is 450 g/mol. The summed E-state index contributed by atoms with van der Waals surface area (Å²) in [5.74, 6) is 2.02. The van der Waals surface area contributed by atoms with Gasteiger partial charge in [-0.25, -0.2) is 4.98 Å². The third-order valence-corrected chi connectivity index (χ3v) is 5.65. The predicted octanol–water partition coefficient (Wildman–Crippen LogP) is 4.85. The van der Waals surface area contributed by atoms with Crippen LogP contribution in [0.15, 0.2) is 30.5 Å². The number of thiazole rings is 1. The third-order valence-electron chi connectivity index (χ3n) is 4.51. The van der Waals surface area contributed by atoms with Crippen molar-refractivity contribution in [2.45, 2.75) is 32.2 Å². The quantitative estimate of drug-likeness (QED) is 0.531. The molecule has 3 rings (SSSR count). The summed E-state index contributed by atoms with van der Waals surface area (Å²) in [6.45, 7) is 3.41. The first-order valence-corrected chi connectivity index (χ1v) is 11.3. The van der Waals surface area contributed by atoms with E-state index >= 15 is 0 Å². The molecule has 30 heavy (non-hydrogen) atoms. The maximum absolute atomic E-state index is 11.9. The van der Waals surface area contributed by atoms with Gasteiger partial charge < -0.3 is 19.7 Å². The highest BCUT2D eigenvalue weighted by Crippen LogP contribution is 2.35. The van der Waals surface area contributed by atoms with Gasteiger partial charge in [0.05, 0.1) is 16.5 Å². The summed E-state index contributed by atoms with van der Waals surface area (Å²) in [5.41, 5.74) is 0. The number of aromatic nitrogens is 1. The molecule has 1 atom stereocenters. The molecule has 1 N–H and O–H groups in total. The molecule has 0 radical (unpaired) electrons. The highest BCUT2D eigenvalue weighted by Gasteiger charge is 2.22. The summed E-state index contributed by atoms with van der Waals surface area (Å²) in [7, 11) is 3.90. The monoisotopic (exact) mass is 449 g/mol. The highest BCUT2D eigenvalue weighted by atomic mass is 35.5. The van der Waals surface area contributed by atoms with Gasteiger partial charge in [-0.3, -0.25) is 4.79 Å². The van der Waals surface area contributed by atoms with Crippen LogP contribution in [-0.4, -0.2) is 49.1 Å². The van der Waals surface area contributed by atoms with Gasteiger partial charge in [-0.05, 0) is 58.0 Å². The Hall–Kier alpha value is -2.09. The van der Waals surface area contributed by atoms with Crippen LogP contribution in [0.2, 0.25) is 5.02 Å². The van der Waals surface area contributed by atoms with Crippen molar-refractivity contribution in [3.63, 3.8) is 0 Å². The van der Waals surface area contributed by atoms with Gasteiger partial charge in [-0.1, -0.05) is 29.0 Å². The van der Waals surface area contributed by atoms with Crippen molar-refractivity contribution in [3.8, 4) is 16.7 Å². The number of nitrogens with one attached hydrogen (secondary N) is 1. The first-order chi connectivity index (χ1) is 14.4. The number of nitrogens with zero attached hydrogens (tertiary/aromatic N) is 2. The van der Waals surface area contributed by atoms with Gasteiger partial charge in [0.1, 0.15) is 11.5 Å². The van der Waals surface area contributed by atoms with E-state index < -0.39 is 0 Å². The molecule has 1 saturated carbocycles. The van der Waals surface area contributed by atoms with Crippen molar-refractivity contribution in [1.82, 2.24) is 15.2 Å². The van der Waals surface area contributed by atoms with E-state index in [1.54, 1.807) is 18.3 Å². The first-order valence-electron chi connectivity index (χ1n) is 10.1. The van der Waals surface area contributed by atoms with Crippen molar-refractivity contribution < 1.29 is 14.3 Å². The maximum Gasteiger partial charge on any atom is 0.279 e. The number of rotatable bonds is 11. The SMILES string of the molecule is C[C@@H](/C=C/c1cnc(Oc2ccc(OCC3CC3)cc2Cl)s1)NC(=O)CCN(C)C. The standard InChI is InChI=1S/C22H28ClN3O3S/c1-15(25-21(27)10-11-26(2)3)4-8-18-13-24-22(30-18)29-20-9-7-17(12-19(20)23)28-14-16-5-6-16/h4,7-9,12-13,15-16H,5-6,10-11,14H2,1-3H3,(H,25,27)/b8-4+/t15-/m0/s1. The van der Waals surface area contributed by atoms with Crippen LogP contribution in [0.5, 0.6) is 16.7 Å². The van der Waals surface area contributed by atoms with Crippen LogP contribution in [0, 0.1) is 5.92 Å². The second-order valence-electron chi connectivity index (χ2n) is 7.75. The zero-order valence-electron chi connectivity index (χ0n) is 17.6. The lowest BCUT2D eigenvalue weighted by Gasteiger charge is -2.12. The molecule has 1 aliphatic carbocycles. The lowest BCUT2D eigenvalue weighted by atomic mass is 10.2. The van der Waals surface area contributed by atoms with Gasteiger partial charge in [0.2, 0.25) is 5.91 Å². The van der Waals surface area contributed by atoms with Gasteiger partial charge in [-0.2, -0.15) is 0 Å². The van der Waals surface area contributed by atoms with E-state index in [4.69, 9.17) is 21.1 Å². The Labute approximate surface area is 186 Å². The molecule has 0 spiro atoms. The number of ether oxygens (including phenoxy) is 2. The van der Waals surface area contributed by atoms with Crippen LogP contribution in [-0.2, 0) is 4.79 Å². The molecule has 8 heteroatoms. The first kappa shape index (κ1) is 22.6. The molecule has 0 bridgehead atoms. The summed E-state index contributed by atoms with van der Waals surface area (Å²) < 4.78 is 11.6. The molecule has 1 heterocycles. The maximum atomic E-state index is 11.9. The third kappa shape index (κ3) is 7.63. The number of benzene rings is 1. The zero-order chi connectivity index (χ0) is 21.5. The van der Waals surface area contributed by atoms with Crippen molar-refractivity contribution in [1.29, 1.82) is 0 Å². The van der Waals surface area contributed by atoms with Crippen LogP contribution in [0.25, 0.3) is 6.08 Å². The van der Waals surface area contributed by atoms with E-state index in [-0.39, 0.29) is 11.9 Å². The molecule has 1 amide bonds. The largest absolute Gasteiger partial charge is 0.493 e. The molecule has 1 fully saturated rings. The van der Waals surface area contributed by atoms with Crippen molar-refractivity contribution in [2.24, 2.45) is 5.92 Å². The topological polar surface area (TPSA) is 63.7 Å². The molecular formula is C22H28ClN3O3S. The van der Waals surface area contributed by atoms with Crippen LogP contribution in [0.3, 0.4) is 0 Å². The second kappa shape index (κ2) is 10.8. The van der Waals surface area contributed by atoms with E-state index in [9.17, 15) is 4.79 Å². The fraction of sp³-hybridized carbons (Fsp3) is 0.455. The van der Waals surface area contributed by atoms with E-state index in [0.29, 0.717) is 28.3 Å². The predicted molar refractivity (Wildman–Crippen MR) is 122 cm³/mol. The summed E-state index contributed by atoms with van der Waals surface area (Å²) >= 11 is 7.74. The minimum Gasteiger partial charge on any atom is -0.493 e. The number of hydrogen-bond donors (Lipinski definition) is 1. The lowest BCUT2D eigenvalue weighted by Crippen LogP contribution is -2.33. The van der Waals surface area contributed by atoms with Crippen molar-refractivity contribution in [3.05, 3.63) is 40.4 Å². The number of amides is 1.